The summed E-state index contributed by atoms with van der Waals surface area (Å²) in [6, 6.07) is 17.8. The van der Waals surface area contributed by atoms with Crippen molar-refractivity contribution in [1.82, 2.24) is 4.98 Å². The average Bonchev–Trinajstić information content (AvgIpc) is 2.57. The molecule has 0 N–H and O–H groups in total. The summed E-state index contributed by atoms with van der Waals surface area (Å²) < 4.78 is 40.7. The zero-order valence-electron chi connectivity index (χ0n) is 13.5. The highest BCUT2D eigenvalue weighted by Gasteiger charge is 2.31. The average molecular weight is 343 g/mol. The standard InChI is InChI=1S/C20H16F3NO/c1-14-4-6-15(7-5-14)13-17-3-2-12-24-19(17)16-8-10-18(11-9-16)25-20(21,22)23/h2-12H,13H2,1H3. The zero-order chi connectivity index (χ0) is 17.9. The number of benzene rings is 2. The SMILES string of the molecule is Cc1ccc(Cc2cccnc2-c2ccc(OC(F)(F)F)cc2)cc1. The number of nitrogens with zero attached hydrogens (tertiary/aromatic N) is 1. The number of aromatic nitrogens is 1. The highest BCUT2D eigenvalue weighted by Crippen LogP contribution is 2.28. The van der Waals surface area contributed by atoms with Crippen molar-refractivity contribution in [2.24, 2.45) is 0 Å². The van der Waals surface area contributed by atoms with Gasteiger partial charge in [0.25, 0.3) is 0 Å². The van der Waals surface area contributed by atoms with Crippen molar-refractivity contribution >= 4 is 0 Å². The van der Waals surface area contributed by atoms with Crippen molar-refractivity contribution in [2.75, 3.05) is 0 Å². The lowest BCUT2D eigenvalue weighted by atomic mass is 9.99. The molecular formula is C20H16F3NO. The van der Waals surface area contributed by atoms with Gasteiger partial charge >= 0.3 is 6.36 Å². The van der Waals surface area contributed by atoms with Gasteiger partial charge in [0.05, 0.1) is 5.69 Å². The molecule has 0 saturated heterocycles. The molecule has 0 saturated carbocycles. The summed E-state index contributed by atoms with van der Waals surface area (Å²) in [4.78, 5) is 4.40. The maximum Gasteiger partial charge on any atom is 0.573 e. The van der Waals surface area contributed by atoms with Gasteiger partial charge in [0.1, 0.15) is 5.75 Å². The molecule has 3 aromatic rings. The molecule has 0 spiro atoms. The Morgan fingerprint density at radius 3 is 2.24 bits per heavy atom. The Hall–Kier alpha value is -2.82. The van der Waals surface area contributed by atoms with E-state index in [1.807, 2.05) is 19.1 Å². The molecule has 2 aromatic carbocycles. The summed E-state index contributed by atoms with van der Waals surface area (Å²) in [6.45, 7) is 2.03. The molecular weight excluding hydrogens is 327 g/mol. The highest BCUT2D eigenvalue weighted by molar-refractivity contribution is 5.64. The third kappa shape index (κ3) is 4.59. The first-order valence-electron chi connectivity index (χ1n) is 7.76. The van der Waals surface area contributed by atoms with Crippen LogP contribution in [-0.4, -0.2) is 11.3 Å². The fourth-order valence-corrected chi connectivity index (χ4v) is 2.58. The Morgan fingerprint density at radius 2 is 1.60 bits per heavy atom. The summed E-state index contributed by atoms with van der Waals surface area (Å²) in [6.07, 6.45) is -2.32. The van der Waals surface area contributed by atoms with E-state index in [9.17, 15) is 13.2 Å². The molecule has 3 rings (SSSR count). The molecule has 0 aliphatic heterocycles. The Bertz CT molecular complexity index is 840. The first-order chi connectivity index (χ1) is 11.9. The van der Waals surface area contributed by atoms with Gasteiger partial charge in [0.15, 0.2) is 0 Å². The Morgan fingerprint density at radius 1 is 0.920 bits per heavy atom. The molecule has 0 amide bonds. The van der Waals surface area contributed by atoms with Gasteiger partial charge in [-0.05, 0) is 54.8 Å². The van der Waals surface area contributed by atoms with Gasteiger partial charge in [0.2, 0.25) is 0 Å². The van der Waals surface area contributed by atoms with Crippen molar-refractivity contribution in [3.05, 3.63) is 83.6 Å². The van der Waals surface area contributed by atoms with E-state index in [1.54, 1.807) is 18.3 Å². The van der Waals surface area contributed by atoms with Gasteiger partial charge in [-0.15, -0.1) is 13.2 Å². The van der Waals surface area contributed by atoms with Crippen LogP contribution in [0.15, 0.2) is 66.9 Å². The number of halogens is 3. The molecule has 0 aliphatic rings. The van der Waals surface area contributed by atoms with Crippen LogP contribution in [0.1, 0.15) is 16.7 Å². The molecule has 5 heteroatoms. The largest absolute Gasteiger partial charge is 0.573 e. The van der Waals surface area contributed by atoms with Gasteiger partial charge < -0.3 is 4.74 Å². The minimum atomic E-state index is -4.69. The van der Waals surface area contributed by atoms with Gasteiger partial charge in [-0.2, -0.15) is 0 Å². The summed E-state index contributed by atoms with van der Waals surface area (Å²) >= 11 is 0. The molecule has 0 aliphatic carbocycles. The minimum absolute atomic E-state index is 0.243. The van der Waals surface area contributed by atoms with E-state index < -0.39 is 6.36 Å². The van der Waals surface area contributed by atoms with E-state index in [4.69, 9.17) is 0 Å². The third-order valence-corrected chi connectivity index (χ3v) is 3.77. The van der Waals surface area contributed by atoms with Crippen LogP contribution >= 0.6 is 0 Å². The van der Waals surface area contributed by atoms with E-state index >= 15 is 0 Å². The summed E-state index contributed by atoms with van der Waals surface area (Å²) in [7, 11) is 0. The number of hydrogen-bond donors (Lipinski definition) is 0. The van der Waals surface area contributed by atoms with E-state index in [-0.39, 0.29) is 5.75 Å². The normalized spacial score (nSPS) is 11.4. The number of rotatable bonds is 4. The predicted octanol–water partition coefficient (Wildman–Crippen LogP) is 5.55. The third-order valence-electron chi connectivity index (χ3n) is 3.77. The first kappa shape index (κ1) is 17.0. The zero-order valence-corrected chi connectivity index (χ0v) is 13.5. The molecule has 1 heterocycles. The Kier molecular flexibility index (Phi) is 4.74. The molecule has 25 heavy (non-hydrogen) atoms. The van der Waals surface area contributed by atoms with Crippen LogP contribution in [-0.2, 0) is 6.42 Å². The van der Waals surface area contributed by atoms with Crippen LogP contribution in [0.25, 0.3) is 11.3 Å². The topological polar surface area (TPSA) is 22.1 Å². The predicted molar refractivity (Wildman–Crippen MR) is 90.3 cm³/mol. The molecule has 1 aromatic heterocycles. The number of alkyl halides is 3. The Balaban J connectivity index is 1.86. The van der Waals surface area contributed by atoms with Gasteiger partial charge in [-0.25, -0.2) is 0 Å². The number of hydrogen-bond acceptors (Lipinski definition) is 2. The van der Waals surface area contributed by atoms with E-state index in [1.165, 1.54) is 17.7 Å². The summed E-state index contributed by atoms with van der Waals surface area (Å²) in [5.74, 6) is -0.243. The molecule has 0 bridgehead atoms. The molecule has 0 atom stereocenters. The van der Waals surface area contributed by atoms with Gasteiger partial charge in [-0.1, -0.05) is 35.9 Å². The first-order valence-corrected chi connectivity index (χ1v) is 7.76. The van der Waals surface area contributed by atoms with E-state index in [0.29, 0.717) is 6.42 Å². The van der Waals surface area contributed by atoms with E-state index in [2.05, 4.69) is 34.0 Å². The van der Waals surface area contributed by atoms with Crippen molar-refractivity contribution < 1.29 is 17.9 Å². The monoisotopic (exact) mass is 343 g/mol. The van der Waals surface area contributed by atoms with Crippen molar-refractivity contribution in [3.63, 3.8) is 0 Å². The molecule has 128 valence electrons. The Labute approximate surface area is 143 Å². The molecule has 0 radical (unpaired) electrons. The highest BCUT2D eigenvalue weighted by atomic mass is 19.4. The molecule has 0 fully saturated rings. The summed E-state index contributed by atoms with van der Waals surface area (Å²) in [5, 5.41) is 0. The lowest BCUT2D eigenvalue weighted by molar-refractivity contribution is -0.274. The number of pyridine rings is 1. The van der Waals surface area contributed by atoms with Crippen LogP contribution in [0.2, 0.25) is 0 Å². The fraction of sp³-hybridized carbons (Fsp3) is 0.150. The second-order valence-electron chi connectivity index (χ2n) is 5.75. The quantitative estimate of drug-likeness (QED) is 0.620. The van der Waals surface area contributed by atoms with Crippen molar-refractivity contribution in [2.45, 2.75) is 19.7 Å². The van der Waals surface area contributed by atoms with E-state index in [0.717, 1.165) is 22.4 Å². The fourth-order valence-electron chi connectivity index (χ4n) is 2.58. The number of aryl methyl sites for hydroxylation is 1. The lowest BCUT2D eigenvalue weighted by Gasteiger charge is -2.11. The second kappa shape index (κ2) is 6.97. The lowest BCUT2D eigenvalue weighted by Crippen LogP contribution is -2.16. The molecule has 2 nitrogen and oxygen atoms in total. The van der Waals surface area contributed by atoms with Crippen molar-refractivity contribution in [1.29, 1.82) is 0 Å². The van der Waals surface area contributed by atoms with Gasteiger partial charge in [-0.3, -0.25) is 4.98 Å². The minimum Gasteiger partial charge on any atom is -0.406 e. The van der Waals surface area contributed by atoms with Crippen LogP contribution < -0.4 is 4.74 Å². The van der Waals surface area contributed by atoms with Crippen LogP contribution in [0.4, 0.5) is 13.2 Å². The van der Waals surface area contributed by atoms with Crippen molar-refractivity contribution in [3.8, 4) is 17.0 Å². The smallest absolute Gasteiger partial charge is 0.406 e. The van der Waals surface area contributed by atoms with Crippen LogP contribution in [0.5, 0.6) is 5.75 Å². The van der Waals surface area contributed by atoms with Gasteiger partial charge in [0, 0.05) is 11.8 Å². The summed E-state index contributed by atoms with van der Waals surface area (Å²) in [5.41, 5.74) is 4.85. The van der Waals surface area contributed by atoms with Crippen LogP contribution in [0.3, 0.4) is 0 Å². The maximum absolute atomic E-state index is 12.3. The van der Waals surface area contributed by atoms with Crippen LogP contribution in [0, 0.1) is 6.92 Å². The maximum atomic E-state index is 12.3. The second-order valence-corrected chi connectivity index (χ2v) is 5.75. The molecule has 0 unspecified atom stereocenters. The number of ether oxygens (including phenoxy) is 1.